The number of benzene rings is 1. The molecule has 0 aliphatic carbocycles. The fraction of sp³-hybridized carbons (Fsp3) is 0.467. The van der Waals surface area contributed by atoms with Gasteiger partial charge in [0.15, 0.2) is 0 Å². The molecule has 2 nitrogen and oxygen atoms in total. The first kappa shape index (κ1) is 15.3. The summed E-state index contributed by atoms with van der Waals surface area (Å²) in [6, 6.07) is 6.40. The second kappa shape index (κ2) is 8.33. The van der Waals surface area contributed by atoms with Gasteiger partial charge in [-0.1, -0.05) is 35.5 Å². The minimum atomic E-state index is 0.853. The first-order chi connectivity index (χ1) is 8.67. The molecule has 0 atom stereocenters. The highest BCUT2D eigenvalue weighted by Gasteiger charge is 2.03. The van der Waals surface area contributed by atoms with Gasteiger partial charge in [0.2, 0.25) is 0 Å². The van der Waals surface area contributed by atoms with E-state index >= 15 is 0 Å². The van der Waals surface area contributed by atoms with Crippen LogP contribution in [0.25, 0.3) is 0 Å². The Bertz CT molecular complexity index is 373. The summed E-state index contributed by atoms with van der Waals surface area (Å²) >= 11 is 3.44. The van der Waals surface area contributed by atoms with Gasteiger partial charge in [-0.15, -0.1) is 0 Å². The van der Waals surface area contributed by atoms with Gasteiger partial charge in [0, 0.05) is 17.6 Å². The van der Waals surface area contributed by atoms with Crippen LogP contribution in [0.4, 0.5) is 0 Å². The van der Waals surface area contributed by atoms with Crippen LogP contribution in [0.15, 0.2) is 35.5 Å². The molecule has 0 spiro atoms. The molecule has 0 amide bonds. The maximum absolute atomic E-state index is 5.11. The van der Waals surface area contributed by atoms with Crippen LogP contribution in [0.1, 0.15) is 18.1 Å². The van der Waals surface area contributed by atoms with Crippen molar-refractivity contribution in [3.63, 3.8) is 0 Å². The number of ether oxygens (including phenoxy) is 1. The highest BCUT2D eigenvalue weighted by Crippen LogP contribution is 2.15. The fourth-order valence-electron chi connectivity index (χ4n) is 1.78. The molecule has 1 aliphatic rings. The van der Waals surface area contributed by atoms with E-state index in [2.05, 4.69) is 59.5 Å². The molecule has 0 unspecified atom stereocenters. The number of hydrogen-bond acceptors (Lipinski definition) is 2. The zero-order valence-corrected chi connectivity index (χ0v) is 12.9. The Labute approximate surface area is 119 Å². The summed E-state index contributed by atoms with van der Waals surface area (Å²) in [5, 5.41) is 0. The summed E-state index contributed by atoms with van der Waals surface area (Å²) in [6.45, 7) is 11.7. The van der Waals surface area contributed by atoms with Gasteiger partial charge >= 0.3 is 0 Å². The quantitative estimate of drug-likeness (QED) is 0.824. The summed E-state index contributed by atoms with van der Waals surface area (Å²) in [5.41, 5.74) is 2.81. The zero-order chi connectivity index (χ0) is 13.4. The van der Waals surface area contributed by atoms with Crippen molar-refractivity contribution in [2.45, 2.75) is 20.3 Å². The fourth-order valence-corrected chi connectivity index (χ4v) is 2.19. The number of aryl methyl sites for hydroxylation is 2. The second-order valence-corrected chi connectivity index (χ2v) is 5.17. The summed E-state index contributed by atoms with van der Waals surface area (Å²) < 4.78 is 6.29. The number of halogens is 1. The molecule has 0 aromatic heterocycles. The Hall–Kier alpha value is -0.800. The van der Waals surface area contributed by atoms with Crippen LogP contribution in [0, 0.1) is 6.92 Å². The third-order valence-electron chi connectivity index (χ3n) is 3.00. The van der Waals surface area contributed by atoms with Crippen molar-refractivity contribution < 1.29 is 4.74 Å². The lowest BCUT2D eigenvalue weighted by atomic mass is 10.1. The van der Waals surface area contributed by atoms with E-state index in [0.717, 1.165) is 32.7 Å². The lowest BCUT2D eigenvalue weighted by molar-refractivity contribution is 0.0596. The van der Waals surface area contributed by atoms with Gasteiger partial charge in [-0.3, -0.25) is 0 Å². The second-order valence-electron chi connectivity index (χ2n) is 4.26. The summed E-state index contributed by atoms with van der Waals surface area (Å²) in [5.74, 6) is 0. The highest BCUT2D eigenvalue weighted by molar-refractivity contribution is 9.10. The normalized spacial score (nSPS) is 14.7. The molecule has 0 radical (unpaired) electrons. The predicted octanol–water partition coefficient (Wildman–Crippen LogP) is 3.78. The van der Waals surface area contributed by atoms with Gasteiger partial charge < -0.3 is 9.64 Å². The smallest absolute Gasteiger partial charge is 0.0642 e. The van der Waals surface area contributed by atoms with Gasteiger partial charge in [-0.25, -0.2) is 0 Å². The predicted molar refractivity (Wildman–Crippen MR) is 80.8 cm³/mol. The van der Waals surface area contributed by atoms with E-state index in [1.807, 2.05) is 6.20 Å². The van der Waals surface area contributed by atoms with Crippen molar-refractivity contribution in [3.05, 3.63) is 46.6 Å². The number of hydrogen-bond donors (Lipinski definition) is 0. The molecule has 0 bridgehead atoms. The first-order valence-corrected chi connectivity index (χ1v) is 7.16. The van der Waals surface area contributed by atoms with E-state index in [1.54, 1.807) is 0 Å². The Kier molecular flexibility index (Phi) is 7.06. The van der Waals surface area contributed by atoms with E-state index in [-0.39, 0.29) is 0 Å². The van der Waals surface area contributed by atoms with Crippen LogP contribution in [0.5, 0.6) is 0 Å². The highest BCUT2D eigenvalue weighted by atomic mass is 79.9. The van der Waals surface area contributed by atoms with E-state index in [4.69, 9.17) is 4.74 Å². The Morgan fingerprint density at radius 3 is 2.50 bits per heavy atom. The maximum atomic E-state index is 5.11. The SMILES string of the molecule is C=CN1CCOCC1.CCc1cc(Br)ccc1C. The monoisotopic (exact) mass is 311 g/mol. The van der Waals surface area contributed by atoms with Gasteiger partial charge in [-0.05, 0) is 42.8 Å². The number of rotatable bonds is 2. The average Bonchev–Trinajstić information content (AvgIpc) is 2.43. The van der Waals surface area contributed by atoms with Gasteiger partial charge in [-0.2, -0.15) is 0 Å². The lowest BCUT2D eigenvalue weighted by Crippen LogP contribution is -2.31. The lowest BCUT2D eigenvalue weighted by Gasteiger charge is -2.24. The van der Waals surface area contributed by atoms with Crippen LogP contribution < -0.4 is 0 Å². The van der Waals surface area contributed by atoms with E-state index in [9.17, 15) is 0 Å². The van der Waals surface area contributed by atoms with Crippen molar-refractivity contribution in [2.24, 2.45) is 0 Å². The van der Waals surface area contributed by atoms with Crippen molar-refractivity contribution in [1.29, 1.82) is 0 Å². The van der Waals surface area contributed by atoms with E-state index in [0.29, 0.717) is 0 Å². The van der Waals surface area contributed by atoms with Gasteiger partial charge in [0.05, 0.1) is 13.2 Å². The molecule has 1 heterocycles. The molecule has 0 N–H and O–H groups in total. The van der Waals surface area contributed by atoms with Crippen LogP contribution in [-0.4, -0.2) is 31.2 Å². The topological polar surface area (TPSA) is 12.5 Å². The Morgan fingerprint density at radius 2 is 2.06 bits per heavy atom. The molecular weight excluding hydrogens is 290 g/mol. The van der Waals surface area contributed by atoms with Crippen LogP contribution >= 0.6 is 15.9 Å². The average molecular weight is 312 g/mol. The van der Waals surface area contributed by atoms with Crippen molar-refractivity contribution in [1.82, 2.24) is 4.90 Å². The van der Waals surface area contributed by atoms with Crippen molar-refractivity contribution in [3.8, 4) is 0 Å². The van der Waals surface area contributed by atoms with Crippen molar-refractivity contribution in [2.75, 3.05) is 26.3 Å². The van der Waals surface area contributed by atoms with Crippen molar-refractivity contribution >= 4 is 15.9 Å². The third-order valence-corrected chi connectivity index (χ3v) is 3.49. The molecule has 18 heavy (non-hydrogen) atoms. The third kappa shape index (κ3) is 5.23. The molecule has 2 rings (SSSR count). The van der Waals surface area contributed by atoms with Crippen LogP contribution in [-0.2, 0) is 11.2 Å². The Balaban J connectivity index is 0.000000184. The standard InChI is InChI=1S/C9H11Br.C6H11NO/c1-3-8-6-9(10)5-4-7(8)2;1-2-7-3-5-8-6-4-7/h4-6H,3H2,1-2H3;2H,1,3-6H2. The van der Waals surface area contributed by atoms with E-state index in [1.165, 1.54) is 15.6 Å². The summed E-state index contributed by atoms with van der Waals surface area (Å²) in [4.78, 5) is 2.16. The van der Waals surface area contributed by atoms with Gasteiger partial charge in [0.1, 0.15) is 0 Å². The maximum Gasteiger partial charge on any atom is 0.0642 e. The zero-order valence-electron chi connectivity index (χ0n) is 11.3. The van der Waals surface area contributed by atoms with Gasteiger partial charge in [0.25, 0.3) is 0 Å². The molecule has 1 fully saturated rings. The molecule has 3 heteroatoms. The molecule has 1 aliphatic heterocycles. The minimum Gasteiger partial charge on any atom is -0.378 e. The Morgan fingerprint density at radius 1 is 1.39 bits per heavy atom. The minimum absolute atomic E-state index is 0.853. The van der Waals surface area contributed by atoms with Crippen LogP contribution in [0.2, 0.25) is 0 Å². The molecular formula is C15H22BrNO. The van der Waals surface area contributed by atoms with E-state index < -0.39 is 0 Å². The summed E-state index contributed by atoms with van der Waals surface area (Å²) in [7, 11) is 0. The van der Waals surface area contributed by atoms with Crippen LogP contribution in [0.3, 0.4) is 0 Å². The molecule has 1 saturated heterocycles. The molecule has 0 saturated carbocycles. The molecule has 1 aromatic rings. The summed E-state index contributed by atoms with van der Waals surface area (Å²) in [6.07, 6.45) is 2.98. The molecule has 1 aromatic carbocycles. The molecule has 100 valence electrons. The first-order valence-electron chi connectivity index (χ1n) is 6.36. The number of morpholine rings is 1. The number of nitrogens with zero attached hydrogens (tertiary/aromatic N) is 1. The largest absolute Gasteiger partial charge is 0.378 e.